The van der Waals surface area contributed by atoms with Crippen LogP contribution in [0, 0.1) is 0 Å². The molecule has 7 heteroatoms. The molecule has 0 atom stereocenters. The van der Waals surface area contributed by atoms with Gasteiger partial charge in [-0.3, -0.25) is 0 Å². The Morgan fingerprint density at radius 3 is 2.12 bits per heavy atom. The third-order valence-electron chi connectivity index (χ3n) is 2.24. The van der Waals surface area contributed by atoms with Crippen LogP contribution in [-0.2, 0) is 15.2 Å². The van der Waals surface area contributed by atoms with E-state index in [-0.39, 0.29) is 5.92 Å². The van der Waals surface area contributed by atoms with Gasteiger partial charge in [-0.1, -0.05) is 19.9 Å². The summed E-state index contributed by atoms with van der Waals surface area (Å²) in [6, 6.07) is 3.04. The Balaban J connectivity index is 3.55. The van der Waals surface area contributed by atoms with E-state index in [1.54, 1.807) is 13.8 Å². The predicted molar refractivity (Wildman–Crippen MR) is 58.6 cm³/mol. The number of hydrogen-bond acceptors (Lipinski definition) is 2. The molecule has 0 unspecified atom stereocenters. The summed E-state index contributed by atoms with van der Waals surface area (Å²) in [5.74, 6) is -0.136. The molecule has 2 nitrogen and oxygen atoms in total. The van der Waals surface area contributed by atoms with Crippen molar-refractivity contribution in [1.82, 2.24) is 0 Å². The molecular weight excluding hydrogens is 277 g/mol. The molecule has 1 aromatic carbocycles. The number of rotatable bonds is 2. The summed E-state index contributed by atoms with van der Waals surface area (Å²) in [6.45, 7) is 3.43. The van der Waals surface area contributed by atoms with Crippen LogP contribution in [0.4, 0.5) is 13.2 Å². The molecule has 0 amide bonds. The van der Waals surface area contributed by atoms with E-state index in [4.69, 9.17) is 10.7 Å². The van der Waals surface area contributed by atoms with Gasteiger partial charge in [-0.05, 0) is 23.6 Å². The molecular formula is C10H10ClF3O2S. The topological polar surface area (TPSA) is 34.1 Å². The van der Waals surface area contributed by atoms with Gasteiger partial charge in [0.05, 0.1) is 10.5 Å². The second kappa shape index (κ2) is 4.49. The zero-order chi connectivity index (χ0) is 13.4. The summed E-state index contributed by atoms with van der Waals surface area (Å²) < 4.78 is 60.2. The lowest BCUT2D eigenvalue weighted by atomic mass is 10.0. The highest BCUT2D eigenvalue weighted by molar-refractivity contribution is 8.13. The first-order chi connectivity index (χ1) is 7.53. The van der Waals surface area contributed by atoms with Gasteiger partial charge in [0.1, 0.15) is 0 Å². The van der Waals surface area contributed by atoms with E-state index in [1.807, 2.05) is 0 Å². The second-order valence-electron chi connectivity index (χ2n) is 3.85. The largest absolute Gasteiger partial charge is 0.417 e. The summed E-state index contributed by atoms with van der Waals surface area (Å²) in [5.41, 5.74) is -0.819. The minimum atomic E-state index is -4.75. The van der Waals surface area contributed by atoms with Gasteiger partial charge < -0.3 is 0 Å². The average molecular weight is 287 g/mol. The summed E-state index contributed by atoms with van der Waals surface area (Å²) in [4.78, 5) is -0.906. The van der Waals surface area contributed by atoms with Crippen LogP contribution < -0.4 is 0 Å². The Hall–Kier alpha value is -0.750. The molecule has 0 spiro atoms. The lowest BCUT2D eigenvalue weighted by Crippen LogP contribution is -2.11. The molecule has 0 aliphatic heterocycles. The fourth-order valence-corrected chi connectivity index (χ4v) is 2.41. The van der Waals surface area contributed by atoms with Crippen molar-refractivity contribution in [2.75, 3.05) is 0 Å². The maximum atomic E-state index is 12.7. The second-order valence-corrected chi connectivity index (χ2v) is 6.38. The molecule has 96 valence electrons. The SMILES string of the molecule is CC(C)c1ccc(S(=O)(=O)Cl)c(C(F)(F)F)c1. The smallest absolute Gasteiger partial charge is 0.207 e. The van der Waals surface area contributed by atoms with Crippen molar-refractivity contribution in [2.24, 2.45) is 0 Å². The number of hydrogen-bond donors (Lipinski definition) is 0. The van der Waals surface area contributed by atoms with E-state index in [9.17, 15) is 21.6 Å². The quantitative estimate of drug-likeness (QED) is 0.776. The maximum absolute atomic E-state index is 12.7. The molecule has 0 N–H and O–H groups in total. The third-order valence-corrected chi connectivity index (χ3v) is 3.62. The summed E-state index contributed by atoms with van der Waals surface area (Å²) in [5, 5.41) is 0. The Morgan fingerprint density at radius 1 is 1.24 bits per heavy atom. The standard InChI is InChI=1S/C10H10ClF3O2S/c1-6(2)7-3-4-9(17(11,15)16)8(5-7)10(12,13)14/h3-6H,1-2H3. The van der Waals surface area contributed by atoms with Crippen molar-refractivity contribution in [3.05, 3.63) is 29.3 Å². The fraction of sp³-hybridized carbons (Fsp3) is 0.400. The molecule has 0 radical (unpaired) electrons. The van der Waals surface area contributed by atoms with Crippen molar-refractivity contribution in [3.8, 4) is 0 Å². The van der Waals surface area contributed by atoms with Gasteiger partial charge in [0.2, 0.25) is 0 Å². The molecule has 0 fully saturated rings. The number of benzene rings is 1. The summed E-state index contributed by atoms with van der Waals surface area (Å²) in [6.07, 6.45) is -4.75. The van der Waals surface area contributed by atoms with Gasteiger partial charge in [0, 0.05) is 10.7 Å². The first kappa shape index (κ1) is 14.3. The van der Waals surface area contributed by atoms with Crippen LogP contribution in [0.1, 0.15) is 30.9 Å². The van der Waals surface area contributed by atoms with Gasteiger partial charge in [-0.2, -0.15) is 13.2 Å². The molecule has 0 aliphatic rings. The molecule has 0 aromatic heterocycles. The van der Waals surface area contributed by atoms with Gasteiger partial charge in [0.25, 0.3) is 9.05 Å². The predicted octanol–water partition coefficient (Wildman–Crippen LogP) is 3.76. The minimum Gasteiger partial charge on any atom is -0.207 e. The first-order valence-corrected chi connectivity index (χ1v) is 7.00. The van der Waals surface area contributed by atoms with Gasteiger partial charge in [-0.25, -0.2) is 8.42 Å². The first-order valence-electron chi connectivity index (χ1n) is 4.69. The van der Waals surface area contributed by atoms with Gasteiger partial charge >= 0.3 is 6.18 Å². The Bertz CT molecular complexity index is 521. The number of halogens is 4. The molecule has 0 heterocycles. The zero-order valence-corrected chi connectivity index (χ0v) is 10.6. The average Bonchev–Trinajstić information content (AvgIpc) is 2.14. The minimum absolute atomic E-state index is 0.136. The van der Waals surface area contributed by atoms with E-state index in [1.165, 1.54) is 6.07 Å². The van der Waals surface area contributed by atoms with Crippen LogP contribution in [0.15, 0.2) is 23.1 Å². The van der Waals surface area contributed by atoms with E-state index >= 15 is 0 Å². The molecule has 1 rings (SSSR count). The van der Waals surface area contributed by atoms with E-state index in [0.717, 1.165) is 12.1 Å². The monoisotopic (exact) mass is 286 g/mol. The Labute approximate surface area is 102 Å². The van der Waals surface area contributed by atoms with E-state index in [0.29, 0.717) is 5.56 Å². The Kier molecular flexibility index (Phi) is 3.78. The van der Waals surface area contributed by atoms with E-state index in [2.05, 4.69) is 0 Å². The van der Waals surface area contributed by atoms with E-state index < -0.39 is 25.7 Å². The van der Waals surface area contributed by atoms with Crippen LogP contribution in [0.25, 0.3) is 0 Å². The van der Waals surface area contributed by atoms with Crippen molar-refractivity contribution in [1.29, 1.82) is 0 Å². The fourth-order valence-electron chi connectivity index (χ4n) is 1.34. The maximum Gasteiger partial charge on any atom is 0.417 e. The zero-order valence-electron chi connectivity index (χ0n) is 9.05. The molecule has 17 heavy (non-hydrogen) atoms. The molecule has 1 aromatic rings. The van der Waals surface area contributed by atoms with Crippen LogP contribution in [0.5, 0.6) is 0 Å². The normalized spacial score (nSPS) is 13.1. The van der Waals surface area contributed by atoms with Crippen molar-refractivity contribution in [2.45, 2.75) is 30.8 Å². The molecule has 0 bridgehead atoms. The van der Waals surface area contributed by atoms with Crippen LogP contribution >= 0.6 is 10.7 Å². The van der Waals surface area contributed by atoms with Crippen molar-refractivity contribution in [3.63, 3.8) is 0 Å². The van der Waals surface area contributed by atoms with Crippen LogP contribution in [0.3, 0.4) is 0 Å². The molecule has 0 saturated carbocycles. The lowest BCUT2D eigenvalue weighted by Gasteiger charge is -2.14. The highest BCUT2D eigenvalue weighted by Crippen LogP contribution is 2.37. The highest BCUT2D eigenvalue weighted by atomic mass is 35.7. The number of alkyl halides is 3. The summed E-state index contributed by atoms with van der Waals surface area (Å²) in [7, 11) is 0.567. The van der Waals surface area contributed by atoms with Crippen LogP contribution in [-0.4, -0.2) is 8.42 Å². The molecule has 0 aliphatic carbocycles. The van der Waals surface area contributed by atoms with Crippen molar-refractivity contribution >= 4 is 19.7 Å². The third kappa shape index (κ3) is 3.35. The van der Waals surface area contributed by atoms with Crippen LogP contribution in [0.2, 0.25) is 0 Å². The lowest BCUT2D eigenvalue weighted by molar-refractivity contribution is -0.139. The van der Waals surface area contributed by atoms with Gasteiger partial charge in [-0.15, -0.1) is 0 Å². The van der Waals surface area contributed by atoms with Crippen molar-refractivity contribution < 1.29 is 21.6 Å². The highest BCUT2D eigenvalue weighted by Gasteiger charge is 2.37. The molecule has 0 saturated heterocycles. The summed E-state index contributed by atoms with van der Waals surface area (Å²) >= 11 is 0. The Morgan fingerprint density at radius 2 is 1.76 bits per heavy atom. The van der Waals surface area contributed by atoms with Gasteiger partial charge in [0.15, 0.2) is 0 Å².